The van der Waals surface area contributed by atoms with Crippen LogP contribution >= 0.6 is 11.3 Å². The Balaban J connectivity index is 2.18. The Kier molecular flexibility index (Phi) is 7.00. The lowest BCUT2D eigenvalue weighted by Crippen LogP contribution is -2.62. The maximum Gasteiger partial charge on any atom is 0.336 e. The molecule has 7 nitrogen and oxygen atoms in total. The largest absolute Gasteiger partial charge is 0.466 e. The van der Waals surface area contributed by atoms with Crippen LogP contribution in [0.4, 0.5) is 5.13 Å². The van der Waals surface area contributed by atoms with Crippen molar-refractivity contribution in [2.75, 3.05) is 18.5 Å². The van der Waals surface area contributed by atoms with E-state index < -0.39 is 29.4 Å². The Bertz CT molecular complexity index is 972. The highest BCUT2D eigenvalue weighted by atomic mass is 32.1. The molecule has 3 unspecified atom stereocenters. The van der Waals surface area contributed by atoms with E-state index in [2.05, 4.69) is 15.6 Å². The fourth-order valence-corrected chi connectivity index (χ4v) is 4.93. The Hall–Kier alpha value is -2.87. The molecule has 0 radical (unpaired) electrons. The van der Waals surface area contributed by atoms with Crippen LogP contribution < -0.4 is 10.6 Å². The van der Waals surface area contributed by atoms with Gasteiger partial charge in [-0.1, -0.05) is 30.3 Å². The first kappa shape index (κ1) is 22.8. The molecule has 1 aromatic heterocycles. The Morgan fingerprint density at radius 1 is 1.16 bits per heavy atom. The summed E-state index contributed by atoms with van der Waals surface area (Å²) in [6, 6.07) is 9.53. The predicted octanol–water partition coefficient (Wildman–Crippen LogP) is 3.98. The molecule has 0 spiro atoms. The summed E-state index contributed by atoms with van der Waals surface area (Å²) in [5, 5.41) is 9.38. The molecule has 1 aliphatic rings. The van der Waals surface area contributed by atoms with Crippen LogP contribution in [0.25, 0.3) is 0 Å². The number of hydrogen-bond acceptors (Lipinski definition) is 8. The van der Waals surface area contributed by atoms with Gasteiger partial charge in [-0.3, -0.25) is 4.79 Å². The number of rotatable bonds is 7. The molecular formula is C23H29N3O4S. The van der Waals surface area contributed by atoms with E-state index in [4.69, 9.17) is 9.47 Å². The molecule has 3 rings (SSSR count). The van der Waals surface area contributed by atoms with Crippen molar-refractivity contribution in [3.05, 3.63) is 58.2 Å². The van der Waals surface area contributed by atoms with Gasteiger partial charge >= 0.3 is 11.9 Å². The van der Waals surface area contributed by atoms with Gasteiger partial charge in [0.15, 0.2) is 5.13 Å². The number of thiazole rings is 1. The molecule has 2 aromatic rings. The van der Waals surface area contributed by atoms with Crippen LogP contribution in [-0.4, -0.2) is 35.8 Å². The molecule has 2 N–H and O–H groups in total. The van der Waals surface area contributed by atoms with Crippen molar-refractivity contribution in [2.24, 2.45) is 5.92 Å². The van der Waals surface area contributed by atoms with E-state index in [0.717, 1.165) is 11.3 Å². The summed E-state index contributed by atoms with van der Waals surface area (Å²) in [6.45, 7) is 9.66. The second-order valence-corrected chi connectivity index (χ2v) is 8.48. The first-order valence-electron chi connectivity index (χ1n) is 10.4. The number of nitrogens with zero attached hydrogens (tertiary/aromatic N) is 1. The minimum Gasteiger partial charge on any atom is -0.466 e. The third-order valence-electron chi connectivity index (χ3n) is 5.30. The quantitative estimate of drug-likeness (QED) is 0.626. The zero-order chi connectivity index (χ0) is 22.6. The number of benzene rings is 1. The van der Waals surface area contributed by atoms with Crippen LogP contribution in [0.3, 0.4) is 0 Å². The normalized spacial score (nSPS) is 23.1. The molecule has 0 aliphatic carbocycles. The molecular weight excluding hydrogens is 414 g/mol. The van der Waals surface area contributed by atoms with Gasteiger partial charge in [-0.2, -0.15) is 0 Å². The van der Waals surface area contributed by atoms with Crippen molar-refractivity contribution in [3.8, 4) is 0 Å². The summed E-state index contributed by atoms with van der Waals surface area (Å²) in [7, 11) is 0. The van der Waals surface area contributed by atoms with E-state index in [-0.39, 0.29) is 13.2 Å². The third-order valence-corrected chi connectivity index (χ3v) is 6.17. The van der Waals surface area contributed by atoms with Crippen LogP contribution in [0.15, 0.2) is 47.0 Å². The van der Waals surface area contributed by atoms with Gasteiger partial charge in [0.25, 0.3) is 0 Å². The van der Waals surface area contributed by atoms with Crippen LogP contribution in [0, 0.1) is 12.8 Å². The fraction of sp³-hybridized carbons (Fsp3) is 0.435. The summed E-state index contributed by atoms with van der Waals surface area (Å²) in [4.78, 5) is 30.8. The standard InChI is InChI=1S/C23H29N3O4S/c1-6-29-20(27)17-15(4)25-23(5,26-22-24-14(3)13-31-22)19(21(28)30-7-2)18(17)16-11-9-8-10-12-16/h8-13,18-19,25H,6-7H2,1-5H3,(H,24,26). The van der Waals surface area contributed by atoms with Gasteiger partial charge in [-0.25, -0.2) is 9.78 Å². The highest BCUT2D eigenvalue weighted by Crippen LogP contribution is 2.45. The van der Waals surface area contributed by atoms with E-state index >= 15 is 0 Å². The molecule has 0 amide bonds. The van der Waals surface area contributed by atoms with Crippen LogP contribution in [-0.2, 0) is 19.1 Å². The maximum absolute atomic E-state index is 13.3. The SMILES string of the molecule is CCOC(=O)C1=C(C)NC(C)(Nc2nc(C)cs2)C(C(=O)OCC)C1c1ccccc1. The van der Waals surface area contributed by atoms with Crippen molar-refractivity contribution < 1.29 is 19.1 Å². The topological polar surface area (TPSA) is 89.5 Å². The van der Waals surface area contributed by atoms with Crippen molar-refractivity contribution in [2.45, 2.75) is 46.2 Å². The number of esters is 2. The molecule has 31 heavy (non-hydrogen) atoms. The van der Waals surface area contributed by atoms with Gasteiger partial charge in [0, 0.05) is 17.0 Å². The monoisotopic (exact) mass is 443 g/mol. The van der Waals surface area contributed by atoms with Crippen LogP contribution in [0.2, 0.25) is 0 Å². The summed E-state index contributed by atoms with van der Waals surface area (Å²) < 4.78 is 10.8. The molecule has 0 saturated heterocycles. The summed E-state index contributed by atoms with van der Waals surface area (Å²) in [6.07, 6.45) is 0. The molecule has 1 aromatic carbocycles. The van der Waals surface area contributed by atoms with Gasteiger partial charge in [0.1, 0.15) is 11.6 Å². The highest BCUT2D eigenvalue weighted by Gasteiger charge is 2.52. The molecule has 2 heterocycles. The van der Waals surface area contributed by atoms with E-state index in [1.807, 2.05) is 56.5 Å². The molecule has 3 atom stereocenters. The molecule has 0 fully saturated rings. The number of aromatic nitrogens is 1. The smallest absolute Gasteiger partial charge is 0.336 e. The number of ether oxygens (including phenoxy) is 2. The van der Waals surface area contributed by atoms with Gasteiger partial charge in [0.2, 0.25) is 0 Å². The summed E-state index contributed by atoms with van der Waals surface area (Å²) in [5.74, 6) is -2.15. The van der Waals surface area contributed by atoms with Crippen molar-refractivity contribution in [1.82, 2.24) is 10.3 Å². The van der Waals surface area contributed by atoms with Gasteiger partial charge in [-0.05, 0) is 40.2 Å². The van der Waals surface area contributed by atoms with Gasteiger partial charge in [0.05, 0.1) is 24.5 Å². The van der Waals surface area contributed by atoms with Gasteiger partial charge in [-0.15, -0.1) is 11.3 Å². The van der Waals surface area contributed by atoms with Crippen molar-refractivity contribution in [1.29, 1.82) is 0 Å². The molecule has 1 aliphatic heterocycles. The minimum absolute atomic E-state index is 0.237. The zero-order valence-corrected chi connectivity index (χ0v) is 19.3. The minimum atomic E-state index is -0.947. The second-order valence-electron chi connectivity index (χ2n) is 7.62. The molecule has 0 bridgehead atoms. The van der Waals surface area contributed by atoms with Crippen molar-refractivity contribution >= 4 is 28.4 Å². The Labute approximate surface area is 186 Å². The van der Waals surface area contributed by atoms with E-state index in [1.54, 1.807) is 13.8 Å². The lowest BCUT2D eigenvalue weighted by Gasteiger charge is -2.46. The van der Waals surface area contributed by atoms with Crippen LogP contribution in [0.5, 0.6) is 0 Å². The van der Waals surface area contributed by atoms with E-state index in [0.29, 0.717) is 16.4 Å². The lowest BCUT2D eigenvalue weighted by atomic mass is 9.71. The molecule has 8 heteroatoms. The Morgan fingerprint density at radius 3 is 2.42 bits per heavy atom. The number of anilines is 1. The maximum atomic E-state index is 13.3. The average Bonchev–Trinajstić information content (AvgIpc) is 3.12. The van der Waals surface area contributed by atoms with E-state index in [1.165, 1.54) is 11.3 Å². The fourth-order valence-electron chi connectivity index (χ4n) is 4.12. The second kappa shape index (κ2) is 9.51. The number of allylic oxidation sites excluding steroid dienone is 1. The summed E-state index contributed by atoms with van der Waals surface area (Å²) >= 11 is 1.46. The van der Waals surface area contributed by atoms with Crippen molar-refractivity contribution in [3.63, 3.8) is 0 Å². The number of carbonyl (C=O) groups is 2. The molecule has 0 saturated carbocycles. The Morgan fingerprint density at radius 2 is 1.84 bits per heavy atom. The lowest BCUT2D eigenvalue weighted by molar-refractivity contribution is -0.152. The number of carbonyl (C=O) groups excluding carboxylic acids is 2. The highest BCUT2D eigenvalue weighted by molar-refractivity contribution is 7.13. The van der Waals surface area contributed by atoms with Crippen LogP contribution in [0.1, 0.15) is 44.9 Å². The van der Waals surface area contributed by atoms with E-state index in [9.17, 15) is 9.59 Å². The number of aryl methyl sites for hydroxylation is 1. The summed E-state index contributed by atoms with van der Waals surface area (Å²) in [5.41, 5.74) is 1.86. The third kappa shape index (κ3) is 4.74. The molecule has 166 valence electrons. The zero-order valence-electron chi connectivity index (χ0n) is 18.5. The average molecular weight is 444 g/mol. The number of hydrogen-bond donors (Lipinski definition) is 2. The first-order chi connectivity index (χ1) is 14.8. The first-order valence-corrected chi connectivity index (χ1v) is 11.3. The predicted molar refractivity (Wildman–Crippen MR) is 121 cm³/mol. The van der Waals surface area contributed by atoms with Gasteiger partial charge < -0.3 is 20.1 Å². The number of nitrogens with one attached hydrogen (secondary N) is 2.